The number of hydrogen-bond acceptors (Lipinski definition) is 3. The molecule has 0 aromatic heterocycles. The third kappa shape index (κ3) is 2.80. The van der Waals surface area contributed by atoms with Crippen molar-refractivity contribution in [2.45, 2.75) is 0 Å². The molecule has 2 aromatic carbocycles. The van der Waals surface area contributed by atoms with Gasteiger partial charge in [0.15, 0.2) is 0 Å². The van der Waals surface area contributed by atoms with Gasteiger partial charge in [-0.1, -0.05) is 18.2 Å². The van der Waals surface area contributed by atoms with Crippen molar-refractivity contribution in [2.24, 2.45) is 0 Å². The second-order valence-corrected chi connectivity index (χ2v) is 7.19. The summed E-state index contributed by atoms with van der Waals surface area (Å²) in [6.45, 7) is 0.196. The van der Waals surface area contributed by atoms with Crippen molar-refractivity contribution < 1.29 is 17.6 Å². The third-order valence-electron chi connectivity index (χ3n) is 3.80. The Kier molecular flexibility index (Phi) is 4.15. The maximum Gasteiger partial charge on any atom is 0.326 e. The van der Waals surface area contributed by atoms with Crippen LogP contribution in [0.3, 0.4) is 0 Å². The molecule has 1 aliphatic heterocycles. The Labute approximate surface area is 139 Å². The Bertz CT molecular complexity index is 886. The quantitative estimate of drug-likeness (QED) is 0.914. The van der Waals surface area contributed by atoms with Gasteiger partial charge in [-0.25, -0.2) is 8.70 Å². The van der Waals surface area contributed by atoms with E-state index in [1.165, 1.54) is 33.9 Å². The largest absolute Gasteiger partial charge is 0.350 e. The molecule has 1 amide bonds. The highest BCUT2D eigenvalue weighted by molar-refractivity contribution is 7.94. The summed E-state index contributed by atoms with van der Waals surface area (Å²) in [5.74, 6) is -0.951. The van der Waals surface area contributed by atoms with Gasteiger partial charge in [0.1, 0.15) is 5.82 Å². The van der Waals surface area contributed by atoms with Crippen LogP contribution < -0.4 is 13.9 Å². The lowest BCUT2D eigenvalue weighted by molar-refractivity contribution is 0.0954. The van der Waals surface area contributed by atoms with Crippen LogP contribution in [0.15, 0.2) is 48.5 Å². The number of carbonyl (C=O) groups is 1. The minimum absolute atomic E-state index is 0.0880. The number of amides is 1. The Morgan fingerprint density at radius 1 is 1.12 bits per heavy atom. The first-order chi connectivity index (χ1) is 11.4. The summed E-state index contributed by atoms with van der Waals surface area (Å²) in [6, 6.07) is 12.3. The van der Waals surface area contributed by atoms with E-state index in [-0.39, 0.29) is 18.7 Å². The normalized spacial score (nSPS) is 15.2. The van der Waals surface area contributed by atoms with Crippen molar-refractivity contribution in [1.29, 1.82) is 0 Å². The van der Waals surface area contributed by atoms with Gasteiger partial charge in [0, 0.05) is 19.2 Å². The lowest BCUT2D eigenvalue weighted by atomic mass is 10.2. The van der Waals surface area contributed by atoms with Crippen LogP contribution in [-0.2, 0) is 10.2 Å². The molecule has 0 saturated carbocycles. The van der Waals surface area contributed by atoms with Gasteiger partial charge in [0.25, 0.3) is 5.91 Å². The molecule has 6 nitrogen and oxygen atoms in total. The summed E-state index contributed by atoms with van der Waals surface area (Å²) in [5.41, 5.74) is 1.35. The Balaban J connectivity index is 1.70. The van der Waals surface area contributed by atoms with Crippen LogP contribution in [0.1, 0.15) is 10.4 Å². The average Bonchev–Trinajstić information content (AvgIpc) is 2.76. The molecule has 0 saturated heterocycles. The van der Waals surface area contributed by atoms with Crippen LogP contribution in [-0.4, -0.2) is 34.5 Å². The zero-order valence-electron chi connectivity index (χ0n) is 12.9. The van der Waals surface area contributed by atoms with Gasteiger partial charge in [0.2, 0.25) is 0 Å². The van der Waals surface area contributed by atoms with Gasteiger partial charge >= 0.3 is 10.2 Å². The number of anilines is 2. The van der Waals surface area contributed by atoms with Gasteiger partial charge in [-0.05, 0) is 30.3 Å². The van der Waals surface area contributed by atoms with E-state index in [4.69, 9.17) is 0 Å². The Morgan fingerprint density at radius 3 is 2.54 bits per heavy atom. The number of benzene rings is 2. The zero-order chi connectivity index (χ0) is 17.3. The van der Waals surface area contributed by atoms with E-state index < -0.39 is 21.9 Å². The van der Waals surface area contributed by atoms with Crippen molar-refractivity contribution in [2.75, 3.05) is 28.7 Å². The molecule has 126 valence electrons. The number of para-hydroxylation sites is 2. The zero-order valence-corrected chi connectivity index (χ0v) is 13.8. The molecule has 24 heavy (non-hydrogen) atoms. The van der Waals surface area contributed by atoms with E-state index in [9.17, 15) is 17.6 Å². The van der Waals surface area contributed by atoms with Gasteiger partial charge < -0.3 is 5.32 Å². The van der Waals surface area contributed by atoms with E-state index >= 15 is 0 Å². The standard InChI is InChI=1S/C16H16FN3O3S/c1-19-14-7-2-3-8-15(14)20(24(19,22)23)10-9-18-16(21)12-5-4-6-13(17)11-12/h2-8,11H,9-10H2,1H3,(H,18,21). The topological polar surface area (TPSA) is 69.7 Å². The van der Waals surface area contributed by atoms with Crippen LogP contribution in [0, 0.1) is 5.82 Å². The lowest BCUT2D eigenvalue weighted by Gasteiger charge is -2.19. The number of halogens is 1. The van der Waals surface area contributed by atoms with Crippen molar-refractivity contribution in [3.8, 4) is 0 Å². The van der Waals surface area contributed by atoms with Gasteiger partial charge in [0.05, 0.1) is 17.9 Å². The Morgan fingerprint density at radius 2 is 1.83 bits per heavy atom. The third-order valence-corrected chi connectivity index (χ3v) is 5.63. The molecular formula is C16H16FN3O3S. The smallest absolute Gasteiger partial charge is 0.326 e. The van der Waals surface area contributed by atoms with E-state index in [1.807, 2.05) is 0 Å². The lowest BCUT2D eigenvalue weighted by Crippen LogP contribution is -2.40. The minimum atomic E-state index is -3.64. The first-order valence-corrected chi connectivity index (χ1v) is 8.70. The summed E-state index contributed by atoms with van der Waals surface area (Å²) in [7, 11) is -2.15. The number of nitrogens with one attached hydrogen (secondary N) is 1. The molecule has 8 heteroatoms. The molecule has 0 bridgehead atoms. The second-order valence-electron chi connectivity index (χ2n) is 5.30. The minimum Gasteiger partial charge on any atom is -0.350 e. The fourth-order valence-corrected chi connectivity index (χ4v) is 4.00. The molecule has 0 fully saturated rings. The van der Waals surface area contributed by atoms with Crippen molar-refractivity contribution in [3.05, 3.63) is 59.9 Å². The molecule has 2 aromatic rings. The summed E-state index contributed by atoms with van der Waals surface area (Å²) in [4.78, 5) is 12.0. The van der Waals surface area contributed by atoms with E-state index in [2.05, 4.69) is 5.32 Å². The van der Waals surface area contributed by atoms with Gasteiger partial charge in [-0.15, -0.1) is 0 Å². The van der Waals surface area contributed by atoms with Crippen LogP contribution in [0.4, 0.5) is 15.8 Å². The predicted molar refractivity (Wildman–Crippen MR) is 89.8 cm³/mol. The average molecular weight is 349 g/mol. The molecule has 3 rings (SSSR count). The molecule has 0 atom stereocenters. The highest BCUT2D eigenvalue weighted by Crippen LogP contribution is 2.38. The first-order valence-electron chi connectivity index (χ1n) is 7.30. The molecule has 0 aliphatic carbocycles. The molecule has 0 unspecified atom stereocenters. The summed E-state index contributed by atoms with van der Waals surface area (Å²) in [6.07, 6.45) is 0. The Hall–Kier alpha value is -2.61. The SMILES string of the molecule is CN1c2ccccc2N(CCNC(=O)c2cccc(F)c2)S1(=O)=O. The molecule has 1 aliphatic rings. The number of rotatable bonds is 4. The number of carbonyl (C=O) groups excluding carboxylic acids is 1. The first kappa shape index (κ1) is 16.3. The fourth-order valence-electron chi connectivity index (χ4n) is 2.58. The maximum absolute atomic E-state index is 13.1. The van der Waals surface area contributed by atoms with Crippen LogP contribution in [0.2, 0.25) is 0 Å². The number of hydrogen-bond donors (Lipinski definition) is 1. The summed E-state index contributed by atoms with van der Waals surface area (Å²) in [5, 5.41) is 2.61. The number of fused-ring (bicyclic) bond motifs is 1. The fraction of sp³-hybridized carbons (Fsp3) is 0.188. The maximum atomic E-state index is 13.1. The van der Waals surface area contributed by atoms with Gasteiger partial charge in [-0.2, -0.15) is 8.42 Å². The highest BCUT2D eigenvalue weighted by atomic mass is 32.2. The highest BCUT2D eigenvalue weighted by Gasteiger charge is 2.37. The molecule has 0 radical (unpaired) electrons. The summed E-state index contributed by atoms with van der Waals surface area (Å²) < 4.78 is 40.4. The molecule has 1 heterocycles. The summed E-state index contributed by atoms with van der Waals surface area (Å²) >= 11 is 0. The predicted octanol–water partition coefficient (Wildman–Crippen LogP) is 1.76. The van der Waals surface area contributed by atoms with Crippen LogP contribution in [0.5, 0.6) is 0 Å². The number of nitrogens with zero attached hydrogens (tertiary/aromatic N) is 2. The van der Waals surface area contributed by atoms with Crippen LogP contribution >= 0.6 is 0 Å². The molecular weight excluding hydrogens is 333 g/mol. The van der Waals surface area contributed by atoms with Crippen LogP contribution in [0.25, 0.3) is 0 Å². The van der Waals surface area contributed by atoms with Crippen molar-refractivity contribution in [1.82, 2.24) is 5.32 Å². The second kappa shape index (κ2) is 6.12. The molecule has 1 N–H and O–H groups in total. The van der Waals surface area contributed by atoms with Gasteiger partial charge in [-0.3, -0.25) is 9.10 Å². The van der Waals surface area contributed by atoms with Crippen molar-refractivity contribution >= 4 is 27.5 Å². The monoisotopic (exact) mass is 349 g/mol. The van der Waals surface area contributed by atoms with E-state index in [1.54, 1.807) is 24.3 Å². The van der Waals surface area contributed by atoms with E-state index in [0.717, 1.165) is 6.07 Å². The van der Waals surface area contributed by atoms with Crippen molar-refractivity contribution in [3.63, 3.8) is 0 Å². The van der Waals surface area contributed by atoms with E-state index in [0.29, 0.717) is 11.4 Å². The molecule has 0 spiro atoms.